The smallest absolute Gasteiger partial charge is 0.435 e. The van der Waals surface area contributed by atoms with Gasteiger partial charge in [-0.2, -0.15) is 13.2 Å². The molecule has 2 fully saturated rings. The van der Waals surface area contributed by atoms with Crippen LogP contribution in [0, 0.1) is 11.8 Å². The lowest BCUT2D eigenvalue weighted by Crippen LogP contribution is -2.50. The third kappa shape index (κ3) is 5.19. The van der Waals surface area contributed by atoms with Crippen LogP contribution in [0.5, 0.6) is 5.75 Å². The van der Waals surface area contributed by atoms with Crippen molar-refractivity contribution in [2.45, 2.75) is 76.1 Å². The van der Waals surface area contributed by atoms with E-state index < -0.39 is 17.9 Å². The number of ether oxygens (including phenoxy) is 2. The van der Waals surface area contributed by atoms with E-state index in [9.17, 15) is 18.0 Å². The number of likely N-dealkylation sites (tertiary alicyclic amines) is 1. The van der Waals surface area contributed by atoms with Crippen molar-refractivity contribution in [1.82, 2.24) is 14.9 Å². The van der Waals surface area contributed by atoms with E-state index in [1.807, 2.05) is 11.8 Å². The van der Waals surface area contributed by atoms with Gasteiger partial charge in [-0.3, -0.25) is 14.7 Å². The van der Waals surface area contributed by atoms with Gasteiger partial charge in [0, 0.05) is 25.5 Å². The third-order valence-electron chi connectivity index (χ3n) is 8.54. The van der Waals surface area contributed by atoms with Gasteiger partial charge in [-0.25, -0.2) is 4.98 Å². The summed E-state index contributed by atoms with van der Waals surface area (Å²) in [5.41, 5.74) is 1.01. The van der Waals surface area contributed by atoms with Crippen molar-refractivity contribution in [3.63, 3.8) is 0 Å². The molecule has 3 aliphatic rings. The highest BCUT2D eigenvalue weighted by Crippen LogP contribution is 2.49. The Morgan fingerprint density at radius 1 is 1.14 bits per heavy atom. The lowest BCUT2D eigenvalue weighted by molar-refractivity contribution is -0.146. The van der Waals surface area contributed by atoms with Gasteiger partial charge >= 0.3 is 12.1 Å². The molecule has 1 spiro atoms. The zero-order valence-electron chi connectivity index (χ0n) is 21.6. The second-order valence-electron chi connectivity index (χ2n) is 10.8. The van der Waals surface area contributed by atoms with Gasteiger partial charge in [-0.15, -0.1) is 0 Å². The summed E-state index contributed by atoms with van der Waals surface area (Å²) in [7, 11) is 1.43. The summed E-state index contributed by atoms with van der Waals surface area (Å²) in [6.07, 6.45) is 3.34. The van der Waals surface area contributed by atoms with Gasteiger partial charge in [0.15, 0.2) is 5.69 Å². The van der Waals surface area contributed by atoms with Crippen molar-refractivity contribution in [2.24, 2.45) is 11.8 Å². The molecule has 1 saturated carbocycles. The molecule has 2 aliphatic heterocycles. The largest absolute Gasteiger partial charge is 0.487 e. The second kappa shape index (κ2) is 9.89. The molecule has 1 aromatic carbocycles. The van der Waals surface area contributed by atoms with Crippen molar-refractivity contribution in [2.75, 3.05) is 20.2 Å². The predicted octanol–water partition coefficient (Wildman–Crippen LogP) is 5.72. The Morgan fingerprint density at radius 2 is 1.84 bits per heavy atom. The summed E-state index contributed by atoms with van der Waals surface area (Å²) < 4.78 is 52.2. The number of aryl methyl sites for hydroxylation is 1. The SMILES string of the molecule is COC(=O)[C@@H](C)[C@H](c1ccc2c(c1)OC1(CC2)CCN(C(C)c2nccnc2C(F)(F)F)CC1)C1CC1. The Labute approximate surface area is 215 Å². The van der Waals surface area contributed by atoms with Crippen LogP contribution in [0.4, 0.5) is 13.2 Å². The summed E-state index contributed by atoms with van der Waals surface area (Å²) in [6, 6.07) is 5.87. The number of piperidine rings is 1. The first-order valence-corrected chi connectivity index (χ1v) is 13.1. The molecule has 0 amide bonds. The van der Waals surface area contributed by atoms with E-state index in [0.29, 0.717) is 19.0 Å². The molecule has 2 aromatic rings. The fraction of sp³-hybridized carbons (Fsp3) is 0.607. The van der Waals surface area contributed by atoms with Gasteiger partial charge in [0.2, 0.25) is 0 Å². The van der Waals surface area contributed by atoms with Crippen molar-refractivity contribution < 1.29 is 27.4 Å². The summed E-state index contributed by atoms with van der Waals surface area (Å²) in [4.78, 5) is 22.0. The van der Waals surface area contributed by atoms with Crippen LogP contribution >= 0.6 is 0 Å². The van der Waals surface area contributed by atoms with Crippen LogP contribution in [-0.4, -0.2) is 46.6 Å². The number of halogens is 3. The van der Waals surface area contributed by atoms with Gasteiger partial charge in [0.1, 0.15) is 11.4 Å². The number of carbonyl (C=O) groups excluding carboxylic acids is 1. The fourth-order valence-electron chi connectivity index (χ4n) is 6.20. The molecule has 1 unspecified atom stereocenters. The minimum Gasteiger partial charge on any atom is -0.487 e. The van der Waals surface area contributed by atoms with E-state index in [-0.39, 0.29) is 29.1 Å². The first-order chi connectivity index (χ1) is 17.6. The normalized spacial score (nSPS) is 22.0. The number of hydrogen-bond donors (Lipinski definition) is 0. The van der Waals surface area contributed by atoms with Crippen LogP contribution in [0.2, 0.25) is 0 Å². The van der Waals surface area contributed by atoms with Gasteiger partial charge in [-0.1, -0.05) is 19.1 Å². The lowest BCUT2D eigenvalue weighted by atomic mass is 9.80. The average Bonchev–Trinajstić information content (AvgIpc) is 3.73. The third-order valence-corrected chi connectivity index (χ3v) is 8.54. The Kier molecular flexibility index (Phi) is 6.94. The predicted molar refractivity (Wildman–Crippen MR) is 131 cm³/mol. The van der Waals surface area contributed by atoms with Gasteiger partial charge in [0.05, 0.1) is 24.8 Å². The maximum absolute atomic E-state index is 13.5. The maximum atomic E-state index is 13.5. The highest BCUT2D eigenvalue weighted by Gasteiger charge is 2.44. The molecule has 1 aromatic heterocycles. The highest BCUT2D eigenvalue weighted by molar-refractivity contribution is 5.73. The van der Waals surface area contributed by atoms with Crippen LogP contribution in [0.1, 0.15) is 80.4 Å². The van der Waals surface area contributed by atoms with Crippen LogP contribution in [0.15, 0.2) is 30.6 Å². The van der Waals surface area contributed by atoms with Crippen molar-refractivity contribution in [3.05, 3.63) is 53.1 Å². The quantitative estimate of drug-likeness (QED) is 0.457. The number of esters is 1. The van der Waals surface area contributed by atoms with E-state index >= 15 is 0 Å². The first-order valence-electron chi connectivity index (χ1n) is 13.1. The zero-order valence-corrected chi connectivity index (χ0v) is 21.6. The molecule has 0 radical (unpaired) electrons. The Morgan fingerprint density at radius 3 is 2.49 bits per heavy atom. The molecular weight excluding hydrogens is 483 g/mol. The Bertz CT molecular complexity index is 1140. The van der Waals surface area contributed by atoms with Crippen LogP contribution < -0.4 is 4.74 Å². The fourth-order valence-corrected chi connectivity index (χ4v) is 6.20. The van der Waals surface area contributed by atoms with Gasteiger partial charge < -0.3 is 9.47 Å². The van der Waals surface area contributed by atoms with Crippen LogP contribution in [0.3, 0.4) is 0 Å². The number of fused-ring (bicyclic) bond motifs is 1. The number of rotatable bonds is 6. The minimum absolute atomic E-state index is 0.0312. The second-order valence-corrected chi connectivity index (χ2v) is 10.8. The topological polar surface area (TPSA) is 64.6 Å². The minimum atomic E-state index is -4.54. The van der Waals surface area contributed by atoms with Crippen molar-refractivity contribution >= 4 is 5.97 Å². The summed E-state index contributed by atoms with van der Waals surface area (Å²) >= 11 is 0. The lowest BCUT2D eigenvalue weighted by Gasteiger charge is -2.46. The average molecular weight is 518 g/mol. The molecule has 5 rings (SSSR count). The van der Waals surface area contributed by atoms with E-state index in [1.165, 1.54) is 18.9 Å². The Hall–Kier alpha value is -2.68. The summed E-state index contributed by atoms with van der Waals surface area (Å²) in [6.45, 7) is 4.94. The number of methoxy groups -OCH3 is 1. The van der Waals surface area contributed by atoms with E-state index in [2.05, 4.69) is 28.2 Å². The molecule has 0 N–H and O–H groups in total. The monoisotopic (exact) mass is 517 g/mol. The van der Waals surface area contributed by atoms with Crippen LogP contribution in [-0.2, 0) is 22.1 Å². The first kappa shape index (κ1) is 25.9. The molecule has 1 aliphatic carbocycles. The zero-order chi connectivity index (χ0) is 26.4. The Balaban J connectivity index is 1.30. The van der Waals surface area contributed by atoms with Crippen LogP contribution in [0.25, 0.3) is 0 Å². The summed E-state index contributed by atoms with van der Waals surface area (Å²) in [5.74, 6) is 1.06. The molecule has 0 bridgehead atoms. The number of hydrogen-bond acceptors (Lipinski definition) is 6. The van der Waals surface area contributed by atoms with Gasteiger partial charge in [0.25, 0.3) is 0 Å². The van der Waals surface area contributed by atoms with Gasteiger partial charge in [-0.05, 0) is 74.5 Å². The van der Waals surface area contributed by atoms with E-state index in [1.54, 1.807) is 6.92 Å². The molecule has 9 heteroatoms. The molecule has 3 heterocycles. The number of aromatic nitrogens is 2. The van der Waals surface area contributed by atoms with Crippen molar-refractivity contribution in [3.8, 4) is 5.75 Å². The standard InChI is InChI=1S/C28H34F3N3O3/c1-17(26(35)36-3)23(20-5-6-20)21-7-4-19-8-9-27(37-22(19)16-21)10-14-34(15-11-27)18(2)24-25(28(29,30)31)33-13-12-32-24/h4,7,12-13,16-18,20,23H,5-6,8-11,14-15H2,1-3H3/t17-,18?,23-/m0/s1. The maximum Gasteiger partial charge on any atom is 0.435 e. The molecule has 6 nitrogen and oxygen atoms in total. The van der Waals surface area contributed by atoms with E-state index in [0.717, 1.165) is 56.0 Å². The van der Waals surface area contributed by atoms with Crippen molar-refractivity contribution in [1.29, 1.82) is 0 Å². The molecule has 37 heavy (non-hydrogen) atoms. The van der Waals surface area contributed by atoms with E-state index in [4.69, 9.17) is 9.47 Å². The molecular formula is C28H34F3N3O3. The molecule has 200 valence electrons. The highest BCUT2D eigenvalue weighted by atomic mass is 19.4. The molecule has 3 atom stereocenters. The molecule has 1 saturated heterocycles. The number of alkyl halides is 3. The number of benzene rings is 1. The summed E-state index contributed by atoms with van der Waals surface area (Å²) in [5, 5.41) is 0. The number of nitrogens with zero attached hydrogens (tertiary/aromatic N) is 3. The number of carbonyl (C=O) groups is 1.